The number of nitrogens with zero attached hydrogens (tertiary/aromatic N) is 2. The fraction of sp³-hybridized carbons (Fsp3) is 0.269. The molecule has 1 fully saturated rings. The smallest absolute Gasteiger partial charge is 0.350 e. The summed E-state index contributed by atoms with van der Waals surface area (Å²) in [6.45, 7) is 7.38. The normalized spacial score (nSPS) is 17.8. The van der Waals surface area contributed by atoms with Crippen LogP contribution in [0.5, 0.6) is 0 Å². The fourth-order valence-corrected chi connectivity index (χ4v) is 5.01. The SMILES string of the molecule is CCOC(=O)c1sc(N2C(=O)C(=O)C(C(=O)c3ccc(C)cc3)C2c2ccc(C)cc2)nc1C. The lowest BCUT2D eigenvalue weighted by molar-refractivity contribution is -0.135. The molecule has 0 radical (unpaired) electrons. The second-order valence-corrected chi connectivity index (χ2v) is 9.21. The molecule has 3 aromatic rings. The molecule has 34 heavy (non-hydrogen) atoms. The van der Waals surface area contributed by atoms with Crippen LogP contribution in [0.1, 0.15) is 55.4 Å². The Balaban J connectivity index is 1.83. The van der Waals surface area contributed by atoms with E-state index in [9.17, 15) is 19.2 Å². The van der Waals surface area contributed by atoms with Gasteiger partial charge in [0, 0.05) is 5.56 Å². The number of aromatic nitrogens is 1. The van der Waals surface area contributed by atoms with Crippen LogP contribution >= 0.6 is 11.3 Å². The number of thiazole rings is 1. The molecule has 0 saturated carbocycles. The molecule has 1 aliphatic rings. The predicted molar refractivity (Wildman–Crippen MR) is 128 cm³/mol. The van der Waals surface area contributed by atoms with E-state index >= 15 is 0 Å². The average Bonchev–Trinajstić information content (AvgIpc) is 3.31. The monoisotopic (exact) mass is 476 g/mol. The number of aryl methyl sites for hydroxylation is 3. The van der Waals surface area contributed by atoms with Gasteiger partial charge in [0.2, 0.25) is 5.78 Å². The summed E-state index contributed by atoms with van der Waals surface area (Å²) in [6, 6.07) is 13.4. The minimum absolute atomic E-state index is 0.184. The maximum atomic E-state index is 13.5. The van der Waals surface area contributed by atoms with Crippen LogP contribution in [0.4, 0.5) is 5.13 Å². The van der Waals surface area contributed by atoms with Gasteiger partial charge in [-0.25, -0.2) is 9.78 Å². The number of carbonyl (C=O) groups is 4. The molecular formula is C26H24N2O5S. The Morgan fingerprint density at radius 1 is 0.971 bits per heavy atom. The van der Waals surface area contributed by atoms with Crippen molar-refractivity contribution in [2.24, 2.45) is 5.92 Å². The van der Waals surface area contributed by atoms with Crippen LogP contribution in [0.25, 0.3) is 0 Å². The van der Waals surface area contributed by atoms with Crippen molar-refractivity contribution >= 4 is 39.9 Å². The predicted octanol–water partition coefficient (Wildman–Crippen LogP) is 4.40. The summed E-state index contributed by atoms with van der Waals surface area (Å²) in [4.78, 5) is 58.2. The number of esters is 1. The summed E-state index contributed by atoms with van der Waals surface area (Å²) in [5, 5.41) is 0.184. The van der Waals surface area contributed by atoms with Crippen LogP contribution < -0.4 is 4.90 Å². The highest BCUT2D eigenvalue weighted by Gasteiger charge is 2.53. The number of ether oxygens (including phenoxy) is 1. The van der Waals surface area contributed by atoms with Gasteiger partial charge in [-0.15, -0.1) is 0 Å². The van der Waals surface area contributed by atoms with Crippen molar-refractivity contribution < 1.29 is 23.9 Å². The summed E-state index contributed by atoms with van der Waals surface area (Å²) in [6.07, 6.45) is 0. The number of anilines is 1. The molecule has 2 atom stereocenters. The number of carbonyl (C=O) groups excluding carboxylic acids is 4. The Hall–Kier alpha value is -3.65. The number of hydrogen-bond acceptors (Lipinski definition) is 7. The summed E-state index contributed by atoms with van der Waals surface area (Å²) >= 11 is 0.980. The molecule has 0 aliphatic carbocycles. The Labute approximate surface area is 201 Å². The Bertz CT molecular complexity index is 1280. The van der Waals surface area contributed by atoms with Crippen molar-refractivity contribution in [2.45, 2.75) is 33.7 Å². The second-order valence-electron chi connectivity index (χ2n) is 8.23. The average molecular weight is 477 g/mol. The molecule has 2 unspecified atom stereocenters. The van der Waals surface area contributed by atoms with Gasteiger partial charge in [0.15, 0.2) is 10.9 Å². The summed E-state index contributed by atoms with van der Waals surface area (Å²) in [5.41, 5.74) is 3.38. The molecule has 1 aliphatic heterocycles. The van der Waals surface area contributed by atoms with Gasteiger partial charge in [0.1, 0.15) is 10.8 Å². The summed E-state index contributed by atoms with van der Waals surface area (Å²) < 4.78 is 5.09. The van der Waals surface area contributed by atoms with E-state index in [1.807, 2.05) is 26.0 Å². The molecule has 0 N–H and O–H groups in total. The first-order valence-corrected chi connectivity index (χ1v) is 11.7. The third kappa shape index (κ3) is 4.17. The van der Waals surface area contributed by atoms with Crippen LogP contribution in [-0.2, 0) is 14.3 Å². The molecule has 7 nitrogen and oxygen atoms in total. The maximum Gasteiger partial charge on any atom is 0.350 e. The van der Waals surface area contributed by atoms with Crippen molar-refractivity contribution in [1.29, 1.82) is 0 Å². The van der Waals surface area contributed by atoms with Gasteiger partial charge in [-0.1, -0.05) is 71.0 Å². The molecule has 0 spiro atoms. The molecule has 4 rings (SSSR count). The zero-order valence-electron chi connectivity index (χ0n) is 19.3. The van der Waals surface area contributed by atoms with E-state index < -0.39 is 35.4 Å². The van der Waals surface area contributed by atoms with Crippen LogP contribution in [0, 0.1) is 26.7 Å². The van der Waals surface area contributed by atoms with Crippen LogP contribution in [0.3, 0.4) is 0 Å². The lowest BCUT2D eigenvalue weighted by Crippen LogP contribution is -2.30. The number of rotatable bonds is 6. The van der Waals surface area contributed by atoms with Gasteiger partial charge in [0.25, 0.3) is 5.91 Å². The second kappa shape index (κ2) is 9.30. The van der Waals surface area contributed by atoms with E-state index in [0.29, 0.717) is 16.8 Å². The van der Waals surface area contributed by atoms with Gasteiger partial charge in [0.05, 0.1) is 18.3 Å². The molecule has 8 heteroatoms. The van der Waals surface area contributed by atoms with Crippen molar-refractivity contribution in [2.75, 3.05) is 11.5 Å². The molecule has 2 aromatic carbocycles. The minimum Gasteiger partial charge on any atom is -0.462 e. The summed E-state index contributed by atoms with van der Waals surface area (Å²) in [7, 11) is 0. The van der Waals surface area contributed by atoms with Gasteiger partial charge < -0.3 is 4.74 Å². The largest absolute Gasteiger partial charge is 0.462 e. The van der Waals surface area contributed by atoms with Crippen molar-refractivity contribution in [3.8, 4) is 0 Å². The van der Waals surface area contributed by atoms with Crippen molar-refractivity contribution in [3.05, 3.63) is 81.4 Å². The lowest BCUT2D eigenvalue weighted by atomic mass is 9.86. The highest BCUT2D eigenvalue weighted by atomic mass is 32.1. The van der Waals surface area contributed by atoms with Crippen molar-refractivity contribution in [1.82, 2.24) is 4.98 Å². The minimum atomic E-state index is -1.23. The van der Waals surface area contributed by atoms with Gasteiger partial charge in [-0.2, -0.15) is 0 Å². The third-order valence-electron chi connectivity index (χ3n) is 5.80. The molecule has 2 heterocycles. The lowest BCUT2D eigenvalue weighted by Gasteiger charge is -2.25. The van der Waals surface area contributed by atoms with Gasteiger partial charge >= 0.3 is 5.97 Å². The van der Waals surface area contributed by atoms with E-state index in [-0.39, 0.29) is 16.6 Å². The van der Waals surface area contributed by atoms with E-state index in [0.717, 1.165) is 22.5 Å². The molecule has 0 bridgehead atoms. The molecule has 1 aromatic heterocycles. The number of benzene rings is 2. The number of ketones is 2. The Kier molecular flexibility index (Phi) is 6.43. The summed E-state index contributed by atoms with van der Waals surface area (Å²) in [5.74, 6) is -3.80. The number of Topliss-reactive ketones (excluding diaryl/α,β-unsaturated/α-hetero) is 2. The standard InChI is InChI=1S/C26H24N2O5S/c1-5-33-25(32)23-16(4)27-26(34-23)28-20(17-10-6-14(2)7-11-17)19(22(30)24(28)31)21(29)18-12-8-15(3)9-13-18/h6-13,19-20H,5H2,1-4H3. The number of hydrogen-bond donors (Lipinski definition) is 0. The van der Waals surface area contributed by atoms with E-state index in [1.54, 1.807) is 50.2 Å². The molecule has 1 saturated heterocycles. The quantitative estimate of drug-likeness (QED) is 0.227. The molecular weight excluding hydrogens is 452 g/mol. The first kappa shape index (κ1) is 23.5. The Morgan fingerprint density at radius 2 is 1.56 bits per heavy atom. The van der Waals surface area contributed by atoms with E-state index in [1.165, 1.54) is 4.90 Å². The van der Waals surface area contributed by atoms with Gasteiger partial charge in [-0.05, 0) is 33.3 Å². The number of amides is 1. The third-order valence-corrected chi connectivity index (χ3v) is 6.93. The zero-order valence-corrected chi connectivity index (χ0v) is 20.1. The molecule has 174 valence electrons. The molecule has 1 amide bonds. The van der Waals surface area contributed by atoms with Crippen molar-refractivity contribution in [3.63, 3.8) is 0 Å². The first-order valence-electron chi connectivity index (χ1n) is 10.9. The van der Waals surface area contributed by atoms with Crippen LogP contribution in [0.15, 0.2) is 48.5 Å². The van der Waals surface area contributed by atoms with Crippen LogP contribution in [-0.4, -0.2) is 35.0 Å². The van der Waals surface area contributed by atoms with E-state index in [4.69, 9.17) is 4.74 Å². The Morgan fingerprint density at radius 3 is 2.15 bits per heavy atom. The highest BCUT2D eigenvalue weighted by molar-refractivity contribution is 7.17. The first-order chi connectivity index (χ1) is 16.2. The topological polar surface area (TPSA) is 93.6 Å². The van der Waals surface area contributed by atoms with Crippen LogP contribution in [0.2, 0.25) is 0 Å². The van der Waals surface area contributed by atoms with Gasteiger partial charge in [-0.3, -0.25) is 19.3 Å². The fourth-order valence-electron chi connectivity index (χ4n) is 4.01. The maximum absolute atomic E-state index is 13.5. The zero-order chi connectivity index (χ0) is 24.6. The highest BCUT2D eigenvalue weighted by Crippen LogP contribution is 2.43. The van der Waals surface area contributed by atoms with E-state index in [2.05, 4.69) is 4.98 Å².